The van der Waals surface area contributed by atoms with E-state index < -0.39 is 12.0 Å². The zero-order chi connectivity index (χ0) is 21.7. The Morgan fingerprint density at radius 2 is 1.90 bits per heavy atom. The molecule has 0 bridgehead atoms. The van der Waals surface area contributed by atoms with Gasteiger partial charge in [0.25, 0.3) is 0 Å². The first-order valence-electron chi connectivity index (χ1n) is 9.63. The molecule has 3 rings (SSSR count). The third-order valence-electron chi connectivity index (χ3n) is 5.05. The third kappa shape index (κ3) is 4.31. The van der Waals surface area contributed by atoms with Crippen LogP contribution in [0.15, 0.2) is 60.3 Å². The van der Waals surface area contributed by atoms with Crippen molar-refractivity contribution in [2.75, 3.05) is 34.0 Å². The number of allylic oxidation sites excluding steroid dienone is 1. The Hall–Kier alpha value is -3.32. The molecule has 1 aliphatic heterocycles. The number of nitrogens with zero attached hydrogens (tertiary/aromatic N) is 1. The second kappa shape index (κ2) is 9.45. The van der Waals surface area contributed by atoms with Gasteiger partial charge < -0.3 is 19.5 Å². The van der Waals surface area contributed by atoms with Crippen LogP contribution in [0.3, 0.4) is 0 Å². The SMILES string of the molecule is C=CCN1C(=O)N[C@H](c2ccc3cc(OC)ccc3c2)C(C(=O)OCCOC)=C1C. The first-order valence-corrected chi connectivity index (χ1v) is 9.63. The maximum atomic E-state index is 12.9. The number of amides is 2. The van der Waals surface area contributed by atoms with E-state index in [4.69, 9.17) is 14.2 Å². The van der Waals surface area contributed by atoms with Crippen LogP contribution in [0.1, 0.15) is 18.5 Å². The molecule has 0 radical (unpaired) electrons. The van der Waals surface area contributed by atoms with E-state index in [-0.39, 0.29) is 19.2 Å². The normalized spacial score (nSPS) is 16.4. The fourth-order valence-electron chi connectivity index (χ4n) is 3.49. The van der Waals surface area contributed by atoms with E-state index in [2.05, 4.69) is 11.9 Å². The van der Waals surface area contributed by atoms with E-state index in [1.165, 1.54) is 12.0 Å². The van der Waals surface area contributed by atoms with Crippen molar-refractivity contribution >= 4 is 22.8 Å². The molecular weight excluding hydrogens is 384 g/mol. The smallest absolute Gasteiger partial charge is 0.338 e. The minimum absolute atomic E-state index is 0.131. The first-order chi connectivity index (χ1) is 14.5. The Morgan fingerprint density at radius 1 is 1.17 bits per heavy atom. The topological polar surface area (TPSA) is 77.1 Å². The number of benzene rings is 2. The lowest BCUT2D eigenvalue weighted by Crippen LogP contribution is -2.48. The average Bonchev–Trinajstić information content (AvgIpc) is 2.75. The van der Waals surface area contributed by atoms with Gasteiger partial charge in [0, 0.05) is 19.4 Å². The summed E-state index contributed by atoms with van der Waals surface area (Å²) in [6.07, 6.45) is 1.61. The van der Waals surface area contributed by atoms with Crippen molar-refractivity contribution in [2.24, 2.45) is 0 Å². The fraction of sp³-hybridized carbons (Fsp3) is 0.304. The second-order valence-electron chi connectivity index (χ2n) is 6.88. The van der Waals surface area contributed by atoms with E-state index in [1.807, 2.05) is 36.4 Å². The molecule has 1 N–H and O–H groups in total. The first kappa shape index (κ1) is 21.4. The van der Waals surface area contributed by atoms with Crippen LogP contribution in [-0.2, 0) is 14.3 Å². The number of methoxy groups -OCH3 is 2. The highest BCUT2D eigenvalue weighted by Gasteiger charge is 2.36. The highest BCUT2D eigenvalue weighted by Crippen LogP contribution is 2.33. The number of fused-ring (bicyclic) bond motifs is 1. The van der Waals surface area contributed by atoms with Crippen LogP contribution >= 0.6 is 0 Å². The van der Waals surface area contributed by atoms with Crippen molar-refractivity contribution in [2.45, 2.75) is 13.0 Å². The van der Waals surface area contributed by atoms with Gasteiger partial charge in [0.05, 0.1) is 25.3 Å². The van der Waals surface area contributed by atoms with Gasteiger partial charge in [-0.25, -0.2) is 9.59 Å². The molecule has 1 heterocycles. The lowest BCUT2D eigenvalue weighted by Gasteiger charge is -2.35. The Labute approximate surface area is 175 Å². The molecular formula is C23H26N2O5. The van der Waals surface area contributed by atoms with Gasteiger partial charge in [-0.15, -0.1) is 6.58 Å². The monoisotopic (exact) mass is 410 g/mol. The van der Waals surface area contributed by atoms with Gasteiger partial charge in [-0.2, -0.15) is 0 Å². The summed E-state index contributed by atoms with van der Waals surface area (Å²) in [5.74, 6) is 0.276. The maximum Gasteiger partial charge on any atom is 0.338 e. The summed E-state index contributed by atoms with van der Waals surface area (Å²) in [5.41, 5.74) is 1.72. The van der Waals surface area contributed by atoms with E-state index in [0.29, 0.717) is 17.9 Å². The van der Waals surface area contributed by atoms with Crippen LogP contribution in [0.25, 0.3) is 10.8 Å². The van der Waals surface area contributed by atoms with E-state index in [1.54, 1.807) is 20.1 Å². The Kier molecular flexibility index (Phi) is 6.74. The summed E-state index contributed by atoms with van der Waals surface area (Å²) in [6, 6.07) is 10.6. The van der Waals surface area contributed by atoms with Crippen LogP contribution in [0, 0.1) is 0 Å². The fourth-order valence-corrected chi connectivity index (χ4v) is 3.49. The number of rotatable bonds is 8. The van der Waals surface area contributed by atoms with E-state index in [0.717, 1.165) is 22.1 Å². The average molecular weight is 410 g/mol. The van der Waals surface area contributed by atoms with Crippen LogP contribution < -0.4 is 10.1 Å². The van der Waals surface area contributed by atoms with Crippen molar-refractivity contribution in [3.8, 4) is 5.75 Å². The van der Waals surface area contributed by atoms with E-state index in [9.17, 15) is 9.59 Å². The minimum Gasteiger partial charge on any atom is -0.497 e. The molecule has 158 valence electrons. The summed E-state index contributed by atoms with van der Waals surface area (Å²) in [6.45, 7) is 6.15. The van der Waals surface area contributed by atoms with Crippen molar-refractivity contribution in [1.29, 1.82) is 0 Å². The Bertz CT molecular complexity index is 998. The Balaban J connectivity index is 2.03. The van der Waals surface area contributed by atoms with Gasteiger partial charge in [-0.3, -0.25) is 4.90 Å². The number of hydrogen-bond donors (Lipinski definition) is 1. The van der Waals surface area contributed by atoms with Crippen LogP contribution in [-0.4, -0.2) is 50.9 Å². The highest BCUT2D eigenvalue weighted by atomic mass is 16.6. The molecule has 0 aromatic heterocycles. The second-order valence-corrected chi connectivity index (χ2v) is 6.88. The highest BCUT2D eigenvalue weighted by molar-refractivity contribution is 5.95. The molecule has 0 fully saturated rings. The molecule has 2 aromatic rings. The van der Waals surface area contributed by atoms with Crippen molar-refractivity contribution in [3.05, 3.63) is 65.9 Å². The van der Waals surface area contributed by atoms with Gasteiger partial charge in [0.15, 0.2) is 0 Å². The predicted octanol–water partition coefficient (Wildman–Crippen LogP) is 3.56. The van der Waals surface area contributed by atoms with Gasteiger partial charge >= 0.3 is 12.0 Å². The maximum absolute atomic E-state index is 12.9. The lowest BCUT2D eigenvalue weighted by molar-refractivity contribution is -0.140. The quantitative estimate of drug-likeness (QED) is 0.409. The van der Waals surface area contributed by atoms with Crippen molar-refractivity contribution in [1.82, 2.24) is 10.2 Å². The number of ether oxygens (including phenoxy) is 3. The van der Waals surface area contributed by atoms with Gasteiger partial charge in [-0.05, 0) is 41.5 Å². The van der Waals surface area contributed by atoms with Gasteiger partial charge in [-0.1, -0.05) is 24.3 Å². The summed E-state index contributed by atoms with van der Waals surface area (Å²) in [5, 5.41) is 4.90. The Morgan fingerprint density at radius 3 is 2.60 bits per heavy atom. The molecule has 1 aliphatic rings. The number of carbonyl (C=O) groups excluding carboxylic acids is 2. The third-order valence-corrected chi connectivity index (χ3v) is 5.05. The molecule has 0 unspecified atom stereocenters. The summed E-state index contributed by atoms with van der Waals surface area (Å²) >= 11 is 0. The molecule has 7 heteroatoms. The molecule has 0 aliphatic carbocycles. The zero-order valence-corrected chi connectivity index (χ0v) is 17.4. The van der Waals surface area contributed by atoms with Crippen LogP contribution in [0.4, 0.5) is 4.79 Å². The number of nitrogens with one attached hydrogen (secondary N) is 1. The van der Waals surface area contributed by atoms with Crippen molar-refractivity contribution < 1.29 is 23.8 Å². The van der Waals surface area contributed by atoms with Crippen LogP contribution in [0.5, 0.6) is 5.75 Å². The van der Waals surface area contributed by atoms with E-state index >= 15 is 0 Å². The standard InChI is InChI=1S/C23H26N2O5/c1-5-10-25-15(2)20(22(26)30-12-11-28-3)21(24-23(25)27)18-7-6-17-14-19(29-4)9-8-16(17)13-18/h5-9,13-14,21H,1,10-12H2,2-4H3,(H,24,27)/t21-/m1/s1. The number of urea groups is 1. The largest absolute Gasteiger partial charge is 0.497 e. The minimum atomic E-state index is -0.625. The molecule has 2 aromatic carbocycles. The van der Waals surface area contributed by atoms with Crippen molar-refractivity contribution in [3.63, 3.8) is 0 Å². The van der Waals surface area contributed by atoms with Crippen LogP contribution in [0.2, 0.25) is 0 Å². The number of carbonyl (C=O) groups is 2. The summed E-state index contributed by atoms with van der Waals surface area (Å²) in [4.78, 5) is 27.1. The lowest BCUT2D eigenvalue weighted by atomic mass is 9.93. The molecule has 2 amide bonds. The molecule has 30 heavy (non-hydrogen) atoms. The summed E-state index contributed by atoms with van der Waals surface area (Å²) < 4.78 is 15.6. The van der Waals surface area contributed by atoms with Gasteiger partial charge in [0.2, 0.25) is 0 Å². The molecule has 0 spiro atoms. The number of esters is 1. The molecule has 7 nitrogen and oxygen atoms in total. The summed E-state index contributed by atoms with van der Waals surface area (Å²) in [7, 11) is 3.16. The predicted molar refractivity (Wildman–Crippen MR) is 114 cm³/mol. The molecule has 1 atom stereocenters. The molecule has 0 saturated carbocycles. The molecule has 0 saturated heterocycles. The number of hydrogen-bond acceptors (Lipinski definition) is 5. The zero-order valence-electron chi connectivity index (χ0n) is 17.4. The van der Waals surface area contributed by atoms with Gasteiger partial charge in [0.1, 0.15) is 12.4 Å².